The van der Waals surface area contributed by atoms with Gasteiger partial charge in [0, 0.05) is 11.8 Å². The summed E-state index contributed by atoms with van der Waals surface area (Å²) in [6.07, 6.45) is 1.72. The molecule has 0 radical (unpaired) electrons. The van der Waals surface area contributed by atoms with Gasteiger partial charge in [-0.25, -0.2) is 4.98 Å². The van der Waals surface area contributed by atoms with Crippen molar-refractivity contribution in [1.82, 2.24) is 4.98 Å². The predicted molar refractivity (Wildman–Crippen MR) is 64.8 cm³/mol. The van der Waals surface area contributed by atoms with Crippen LogP contribution in [0.15, 0.2) is 42.6 Å². The molecule has 1 heterocycles. The second-order valence-electron chi connectivity index (χ2n) is 3.59. The largest absolute Gasteiger partial charge is 0.489 e. The maximum Gasteiger partial charge on any atom is 0.129 e. The number of aryl methyl sites for hydroxylation is 1. The number of aromatic nitrogens is 1. The summed E-state index contributed by atoms with van der Waals surface area (Å²) in [6.45, 7) is 2.55. The molecule has 0 N–H and O–H groups in total. The highest BCUT2D eigenvalue weighted by Crippen LogP contribution is 2.14. The number of pyridine rings is 1. The second-order valence-corrected chi connectivity index (χ2v) is 3.98. The maximum absolute atomic E-state index is 5.70. The molecule has 3 heteroatoms. The molecule has 0 aliphatic heterocycles. The fourth-order valence-corrected chi connectivity index (χ4v) is 1.48. The minimum atomic E-state index is 0.499. The number of hydrogen-bond donors (Lipinski definition) is 0. The molecule has 1 aromatic heterocycles. The predicted octanol–water partition coefficient (Wildman–Crippen LogP) is 3.62. The van der Waals surface area contributed by atoms with Gasteiger partial charge >= 0.3 is 0 Å². The first kappa shape index (κ1) is 11.0. The summed E-state index contributed by atoms with van der Waals surface area (Å²) in [5, 5.41) is 0.499. The number of hydrogen-bond acceptors (Lipinski definition) is 2. The molecule has 0 fully saturated rings. The molecule has 16 heavy (non-hydrogen) atoms. The Labute approximate surface area is 99.9 Å². The Hall–Kier alpha value is -1.54. The molecule has 0 bridgehead atoms. The van der Waals surface area contributed by atoms with Crippen LogP contribution in [0, 0.1) is 6.92 Å². The maximum atomic E-state index is 5.70. The lowest BCUT2D eigenvalue weighted by atomic mass is 10.2. The molecule has 82 valence electrons. The lowest BCUT2D eigenvalue weighted by molar-refractivity contribution is 0.305. The van der Waals surface area contributed by atoms with E-state index >= 15 is 0 Å². The highest BCUT2D eigenvalue weighted by atomic mass is 35.5. The van der Waals surface area contributed by atoms with E-state index < -0.39 is 0 Å². The van der Waals surface area contributed by atoms with E-state index in [2.05, 4.69) is 4.98 Å². The molecule has 0 aliphatic carbocycles. The van der Waals surface area contributed by atoms with Gasteiger partial charge in [-0.3, -0.25) is 0 Å². The first-order valence-electron chi connectivity index (χ1n) is 5.04. The van der Waals surface area contributed by atoms with Gasteiger partial charge in [0.25, 0.3) is 0 Å². The van der Waals surface area contributed by atoms with Crippen LogP contribution in [-0.4, -0.2) is 4.98 Å². The van der Waals surface area contributed by atoms with Crippen molar-refractivity contribution >= 4 is 11.6 Å². The Balaban J connectivity index is 1.99. The quantitative estimate of drug-likeness (QED) is 0.756. The summed E-state index contributed by atoms with van der Waals surface area (Å²) in [5.41, 5.74) is 2.19. The monoisotopic (exact) mass is 233 g/mol. The van der Waals surface area contributed by atoms with Crippen molar-refractivity contribution < 1.29 is 4.74 Å². The van der Waals surface area contributed by atoms with Gasteiger partial charge < -0.3 is 4.74 Å². The zero-order chi connectivity index (χ0) is 11.4. The number of halogens is 1. The van der Waals surface area contributed by atoms with Crippen LogP contribution in [0.25, 0.3) is 0 Å². The highest BCUT2D eigenvalue weighted by molar-refractivity contribution is 6.29. The number of rotatable bonds is 3. The Morgan fingerprint density at radius 3 is 2.81 bits per heavy atom. The van der Waals surface area contributed by atoms with Crippen molar-refractivity contribution in [3.05, 3.63) is 58.9 Å². The van der Waals surface area contributed by atoms with E-state index in [9.17, 15) is 0 Å². The van der Waals surface area contributed by atoms with E-state index in [4.69, 9.17) is 16.3 Å². The smallest absolute Gasteiger partial charge is 0.129 e. The Morgan fingerprint density at radius 1 is 1.25 bits per heavy atom. The molecular formula is C13H12ClNO. The lowest BCUT2D eigenvalue weighted by Gasteiger charge is -2.06. The zero-order valence-corrected chi connectivity index (χ0v) is 9.74. The average molecular weight is 234 g/mol. The van der Waals surface area contributed by atoms with Gasteiger partial charge in [0.15, 0.2) is 0 Å². The third kappa shape index (κ3) is 2.97. The molecule has 0 aliphatic rings. The van der Waals surface area contributed by atoms with Crippen molar-refractivity contribution in [2.75, 3.05) is 0 Å². The summed E-state index contributed by atoms with van der Waals surface area (Å²) >= 11 is 5.70. The topological polar surface area (TPSA) is 22.1 Å². The van der Waals surface area contributed by atoms with Crippen molar-refractivity contribution in [3.8, 4) is 5.75 Å². The minimum absolute atomic E-state index is 0.499. The van der Waals surface area contributed by atoms with E-state index in [-0.39, 0.29) is 0 Å². The fourth-order valence-electron chi connectivity index (χ4n) is 1.36. The van der Waals surface area contributed by atoms with E-state index in [1.807, 2.05) is 37.3 Å². The molecule has 1 aromatic carbocycles. The highest BCUT2D eigenvalue weighted by Gasteiger charge is 1.97. The molecule has 0 unspecified atom stereocenters. The molecule has 0 atom stereocenters. The standard InChI is InChI=1S/C13H12ClNO/c1-10-3-2-4-12(7-10)16-9-11-5-6-13(14)15-8-11/h2-8H,9H2,1H3. The molecule has 0 amide bonds. The zero-order valence-electron chi connectivity index (χ0n) is 8.98. The first-order valence-corrected chi connectivity index (χ1v) is 5.42. The van der Waals surface area contributed by atoms with Crippen LogP contribution >= 0.6 is 11.6 Å². The Bertz CT molecular complexity index is 468. The van der Waals surface area contributed by atoms with Gasteiger partial charge in [-0.15, -0.1) is 0 Å². The van der Waals surface area contributed by atoms with Crippen molar-refractivity contribution in [1.29, 1.82) is 0 Å². The molecule has 2 rings (SSSR count). The van der Waals surface area contributed by atoms with Gasteiger partial charge in [-0.2, -0.15) is 0 Å². The van der Waals surface area contributed by atoms with Gasteiger partial charge in [0.1, 0.15) is 17.5 Å². The molecule has 0 saturated heterocycles. The Kier molecular flexibility index (Phi) is 3.42. The summed E-state index contributed by atoms with van der Waals surface area (Å²) < 4.78 is 5.63. The van der Waals surface area contributed by atoms with Gasteiger partial charge in [-0.05, 0) is 30.7 Å². The Morgan fingerprint density at radius 2 is 2.12 bits per heavy atom. The van der Waals surface area contributed by atoms with Gasteiger partial charge in [0.05, 0.1) is 0 Å². The van der Waals surface area contributed by atoms with Crippen LogP contribution in [0.5, 0.6) is 5.75 Å². The second kappa shape index (κ2) is 4.99. The van der Waals surface area contributed by atoms with Gasteiger partial charge in [-0.1, -0.05) is 29.8 Å². The van der Waals surface area contributed by atoms with E-state index in [1.54, 1.807) is 12.3 Å². The van der Waals surface area contributed by atoms with Crippen LogP contribution in [-0.2, 0) is 6.61 Å². The van der Waals surface area contributed by atoms with Crippen LogP contribution in [0.2, 0.25) is 5.15 Å². The first-order chi connectivity index (χ1) is 7.74. The lowest BCUT2D eigenvalue weighted by Crippen LogP contribution is -1.96. The number of ether oxygens (including phenoxy) is 1. The van der Waals surface area contributed by atoms with E-state index in [1.165, 1.54) is 5.56 Å². The molecule has 2 aromatic rings. The molecule has 2 nitrogen and oxygen atoms in total. The summed E-state index contributed by atoms with van der Waals surface area (Å²) in [6, 6.07) is 11.6. The third-order valence-corrected chi connectivity index (χ3v) is 2.41. The summed E-state index contributed by atoms with van der Waals surface area (Å²) in [5.74, 6) is 0.870. The summed E-state index contributed by atoms with van der Waals surface area (Å²) in [7, 11) is 0. The van der Waals surface area contributed by atoms with Gasteiger partial charge in [0.2, 0.25) is 0 Å². The molecule has 0 saturated carbocycles. The number of nitrogens with zero attached hydrogens (tertiary/aromatic N) is 1. The molecular weight excluding hydrogens is 222 g/mol. The van der Waals surface area contributed by atoms with Crippen molar-refractivity contribution in [2.45, 2.75) is 13.5 Å². The normalized spacial score (nSPS) is 10.1. The van der Waals surface area contributed by atoms with E-state index in [0.29, 0.717) is 11.8 Å². The average Bonchev–Trinajstić information content (AvgIpc) is 2.28. The van der Waals surface area contributed by atoms with Crippen LogP contribution in [0.4, 0.5) is 0 Å². The van der Waals surface area contributed by atoms with E-state index in [0.717, 1.165) is 11.3 Å². The molecule has 0 spiro atoms. The minimum Gasteiger partial charge on any atom is -0.489 e. The van der Waals surface area contributed by atoms with Crippen LogP contribution in [0.1, 0.15) is 11.1 Å². The van der Waals surface area contributed by atoms with Crippen LogP contribution in [0.3, 0.4) is 0 Å². The SMILES string of the molecule is Cc1cccc(OCc2ccc(Cl)nc2)c1. The fraction of sp³-hybridized carbons (Fsp3) is 0.154. The summed E-state index contributed by atoms with van der Waals surface area (Å²) in [4.78, 5) is 3.99. The third-order valence-electron chi connectivity index (χ3n) is 2.18. The van der Waals surface area contributed by atoms with Crippen LogP contribution < -0.4 is 4.74 Å². The van der Waals surface area contributed by atoms with Crippen molar-refractivity contribution in [3.63, 3.8) is 0 Å². The number of benzene rings is 1. The van der Waals surface area contributed by atoms with Crippen molar-refractivity contribution in [2.24, 2.45) is 0 Å².